The molecule has 2 nitrogen and oxygen atoms in total. The lowest BCUT2D eigenvalue weighted by Crippen LogP contribution is -1.96. The lowest BCUT2D eigenvalue weighted by atomic mass is 10.1. The van der Waals surface area contributed by atoms with Crippen LogP contribution < -0.4 is 0 Å². The molecule has 38 heavy (non-hydrogen) atoms. The summed E-state index contributed by atoms with van der Waals surface area (Å²) in [5, 5.41) is 1.77. The van der Waals surface area contributed by atoms with Crippen molar-refractivity contribution in [3.63, 3.8) is 0 Å². The molecule has 0 aliphatic rings. The topological polar surface area (TPSA) is 9.86 Å². The van der Waals surface area contributed by atoms with Crippen LogP contribution in [0.15, 0.2) is 145 Å². The van der Waals surface area contributed by atoms with E-state index in [4.69, 9.17) is 11.0 Å². The second-order valence-electron chi connectivity index (χ2n) is 8.96. The zero-order valence-corrected chi connectivity index (χ0v) is 19.9. The quantitative estimate of drug-likeness (QED) is 0.231. The van der Waals surface area contributed by atoms with E-state index in [1.54, 1.807) is 10.6 Å². The van der Waals surface area contributed by atoms with Gasteiger partial charge in [0.15, 0.2) is 0 Å². The van der Waals surface area contributed by atoms with Crippen molar-refractivity contribution in [3.05, 3.63) is 145 Å². The maximum atomic E-state index is 9.66. The minimum absolute atomic E-state index is 0.00155. The van der Waals surface area contributed by atoms with E-state index in [2.05, 4.69) is 0 Å². The Morgan fingerprint density at radius 1 is 0.421 bits per heavy atom. The smallest absolute Gasteiger partial charge is 0.0652 e. The van der Waals surface area contributed by atoms with Gasteiger partial charge in [-0.3, -0.25) is 0 Å². The van der Waals surface area contributed by atoms with Crippen LogP contribution in [0.4, 0.5) is 0 Å². The van der Waals surface area contributed by atoms with Gasteiger partial charge in [0, 0.05) is 32.9 Å². The molecule has 0 unspecified atom stereocenters. The van der Waals surface area contributed by atoms with E-state index in [0.29, 0.717) is 16.6 Å². The number of hydrogen-bond acceptors (Lipinski definition) is 0. The first-order chi connectivity index (χ1) is 23.4. The second kappa shape index (κ2) is 8.22. The van der Waals surface area contributed by atoms with Gasteiger partial charge in [0.2, 0.25) is 0 Å². The van der Waals surface area contributed by atoms with Crippen LogP contribution in [0.1, 0.15) is 15.1 Å². The Morgan fingerprint density at radius 2 is 1.11 bits per heavy atom. The number of aromatic nitrogens is 2. The average molecular weight is 496 g/mol. The summed E-state index contributed by atoms with van der Waals surface area (Å²) in [5.74, 6) is 0. The monoisotopic (exact) mass is 495 g/mol. The van der Waals surface area contributed by atoms with Crippen molar-refractivity contribution in [3.8, 4) is 22.5 Å². The van der Waals surface area contributed by atoms with Crippen molar-refractivity contribution >= 4 is 43.6 Å². The van der Waals surface area contributed by atoms with Crippen molar-refractivity contribution in [1.29, 1.82) is 0 Å². The van der Waals surface area contributed by atoms with Crippen LogP contribution in [0, 0.1) is 0 Å². The van der Waals surface area contributed by atoms with E-state index >= 15 is 0 Å². The van der Waals surface area contributed by atoms with Gasteiger partial charge in [0.25, 0.3) is 0 Å². The summed E-state index contributed by atoms with van der Waals surface area (Å²) in [6.45, 7) is 0. The minimum Gasteiger partial charge on any atom is -0.309 e. The molecule has 0 spiro atoms. The third-order valence-corrected chi connectivity index (χ3v) is 6.86. The summed E-state index contributed by atoms with van der Waals surface area (Å²) < 4.78 is 100. The molecule has 8 aromatic rings. The molecule has 6 aromatic carbocycles. The van der Waals surface area contributed by atoms with E-state index in [0.717, 1.165) is 10.8 Å². The van der Waals surface area contributed by atoms with E-state index in [1.165, 1.54) is 28.8 Å². The molecule has 2 heterocycles. The molecule has 0 bridgehead atoms. The van der Waals surface area contributed by atoms with Gasteiger partial charge in [-0.25, -0.2) is 0 Å². The first-order valence-electron chi connectivity index (χ1n) is 17.6. The summed E-state index contributed by atoms with van der Waals surface area (Å²) in [6, 6.07) is 19.1. The Hall–Kier alpha value is -5.08. The molecule has 0 aliphatic heterocycles. The highest BCUT2D eigenvalue weighted by molar-refractivity contribution is 6.12. The summed E-state index contributed by atoms with van der Waals surface area (Å²) in [5.41, 5.74) is 2.00. The summed E-state index contributed by atoms with van der Waals surface area (Å²) >= 11 is 0. The van der Waals surface area contributed by atoms with Crippen LogP contribution in [0.25, 0.3) is 66.1 Å². The van der Waals surface area contributed by atoms with Gasteiger partial charge >= 0.3 is 0 Å². The van der Waals surface area contributed by atoms with Gasteiger partial charge < -0.3 is 9.13 Å². The van der Waals surface area contributed by atoms with Gasteiger partial charge in [-0.15, -0.1) is 0 Å². The fraction of sp³-hybridized carbons (Fsp3) is 0. The van der Waals surface area contributed by atoms with E-state index < -0.39 is 24.2 Å². The molecule has 2 heteroatoms. The largest absolute Gasteiger partial charge is 0.309 e. The summed E-state index contributed by atoms with van der Waals surface area (Å²) in [7, 11) is 0. The van der Waals surface area contributed by atoms with Gasteiger partial charge in [0.05, 0.1) is 37.1 Å². The number of nitrogens with zero attached hydrogens (tertiary/aromatic N) is 2. The van der Waals surface area contributed by atoms with Gasteiger partial charge in [-0.2, -0.15) is 0 Å². The Bertz CT molecular complexity index is 2670. The molecular formula is C36H24N2. The highest BCUT2D eigenvalue weighted by Crippen LogP contribution is 2.37. The lowest BCUT2D eigenvalue weighted by Gasteiger charge is -2.11. The van der Waals surface area contributed by atoms with Crippen molar-refractivity contribution < 1.29 is 15.1 Å². The highest BCUT2D eigenvalue weighted by atomic mass is 15.0. The van der Waals surface area contributed by atoms with E-state index in [-0.39, 0.29) is 81.0 Å². The molecule has 0 aliphatic carbocycles. The third kappa shape index (κ3) is 3.07. The fourth-order valence-corrected chi connectivity index (χ4v) is 5.24. The predicted octanol–water partition coefficient (Wildman–Crippen LogP) is 9.55. The predicted molar refractivity (Wildman–Crippen MR) is 161 cm³/mol. The Morgan fingerprint density at radius 3 is 1.89 bits per heavy atom. The Balaban J connectivity index is 1.57. The Labute approximate surface area is 236 Å². The maximum absolute atomic E-state index is 9.66. The molecule has 0 atom stereocenters. The van der Waals surface area contributed by atoms with Crippen LogP contribution in [0.5, 0.6) is 0 Å². The molecule has 0 radical (unpaired) electrons. The van der Waals surface area contributed by atoms with Gasteiger partial charge in [-0.1, -0.05) is 96.9 Å². The molecule has 0 fully saturated rings. The zero-order valence-electron chi connectivity index (χ0n) is 30.9. The first kappa shape index (κ1) is 12.9. The third-order valence-electron chi connectivity index (χ3n) is 6.86. The van der Waals surface area contributed by atoms with Gasteiger partial charge in [-0.05, 0) is 59.5 Å². The molecule has 0 amide bonds. The lowest BCUT2D eigenvalue weighted by molar-refractivity contribution is 1.17. The number of hydrogen-bond donors (Lipinski definition) is 0. The fourth-order valence-electron chi connectivity index (χ4n) is 5.24. The number of rotatable bonds is 3. The molecule has 2 aromatic heterocycles. The van der Waals surface area contributed by atoms with Crippen LogP contribution in [0.2, 0.25) is 0 Å². The first-order valence-corrected chi connectivity index (χ1v) is 12.1. The van der Waals surface area contributed by atoms with Crippen molar-refractivity contribution in [1.82, 2.24) is 9.13 Å². The number of benzene rings is 6. The number of fused-ring (bicyclic) bond motifs is 6. The van der Waals surface area contributed by atoms with Crippen LogP contribution in [-0.2, 0) is 0 Å². The Kier molecular flexibility index (Phi) is 2.80. The highest BCUT2D eigenvalue weighted by Gasteiger charge is 2.16. The normalized spacial score (nSPS) is 15.7. The zero-order chi connectivity index (χ0) is 34.6. The van der Waals surface area contributed by atoms with Crippen molar-refractivity contribution in [2.24, 2.45) is 0 Å². The summed E-state index contributed by atoms with van der Waals surface area (Å²) in [4.78, 5) is 0. The molecule has 0 N–H and O–H groups in total. The summed E-state index contributed by atoms with van der Waals surface area (Å²) in [6.07, 6.45) is 0. The molecule has 0 saturated heterocycles. The van der Waals surface area contributed by atoms with Crippen molar-refractivity contribution in [2.45, 2.75) is 0 Å². The van der Waals surface area contributed by atoms with E-state index in [1.807, 2.05) is 48.5 Å². The number of para-hydroxylation sites is 3. The molecule has 178 valence electrons. The minimum atomic E-state index is -0.538. The maximum Gasteiger partial charge on any atom is 0.0652 e. The molecule has 0 saturated carbocycles. The van der Waals surface area contributed by atoms with Crippen LogP contribution in [0.3, 0.4) is 0 Å². The average Bonchev–Trinajstić information content (AvgIpc) is 3.60. The van der Waals surface area contributed by atoms with Crippen LogP contribution in [-0.4, -0.2) is 9.13 Å². The molecule has 8 rings (SSSR count). The van der Waals surface area contributed by atoms with Crippen LogP contribution >= 0.6 is 0 Å². The van der Waals surface area contributed by atoms with E-state index in [9.17, 15) is 4.11 Å². The SMILES string of the molecule is [2H]c1cc([2H])c(-c2ccc([2H])c(-n3c4c([2H])c([2H])c([2H])c([2H])c4c4c([2H])c(-n5c6ccccc6c6ccccc65)c([2H])c([2H])c43)c2)c([2H])c1. The van der Waals surface area contributed by atoms with Gasteiger partial charge in [0.1, 0.15) is 0 Å². The second-order valence-corrected chi connectivity index (χ2v) is 8.96. The molecular weight excluding hydrogens is 460 g/mol. The standard InChI is InChI=1S/C36H24N2/c1-2-11-25(12-3-1)26-13-10-14-27(23-26)37-35-20-9-6-17-31(35)32-24-28(21-22-36(32)37)38-33-18-7-4-15-29(33)30-16-5-8-19-34(30)38/h1-24H/i1D,6D,9D,11D,12D,14D,17D,20D,21D,22D,24D. The van der Waals surface area contributed by atoms with Crippen molar-refractivity contribution in [2.75, 3.05) is 0 Å².